The Kier molecular flexibility index (Phi) is 5.53. The summed E-state index contributed by atoms with van der Waals surface area (Å²) in [5, 5.41) is 0. The molecule has 0 spiro atoms. The quantitative estimate of drug-likeness (QED) is 0.594. The van der Waals surface area contributed by atoms with Crippen LogP contribution in [0.25, 0.3) is 0 Å². The van der Waals surface area contributed by atoms with Gasteiger partial charge < -0.3 is 4.74 Å². The van der Waals surface area contributed by atoms with Crippen LogP contribution in [0, 0.1) is 5.92 Å². The van der Waals surface area contributed by atoms with Crippen LogP contribution in [0.5, 0.6) is 0 Å². The highest BCUT2D eigenvalue weighted by Gasteiger charge is 2.32. The summed E-state index contributed by atoms with van der Waals surface area (Å²) in [5.41, 5.74) is 0. The highest BCUT2D eigenvalue weighted by atomic mass is 32.2. The van der Waals surface area contributed by atoms with Crippen LogP contribution in [0.3, 0.4) is 0 Å². The van der Waals surface area contributed by atoms with E-state index in [1.807, 2.05) is 20.8 Å². The predicted molar refractivity (Wildman–Crippen MR) is 73.3 cm³/mol. The number of hydrogen-bond acceptors (Lipinski definition) is 3. The summed E-state index contributed by atoms with van der Waals surface area (Å²) in [6.45, 7) is 7.93. The number of carbonyl (C=O) groups is 1. The Morgan fingerprint density at radius 1 is 1.50 bits per heavy atom. The molecule has 1 aliphatic carbocycles. The van der Waals surface area contributed by atoms with Crippen LogP contribution in [0.15, 0.2) is 12.2 Å². The molecular formula is C13H23NO3S. The fraction of sp³-hybridized carbons (Fsp3) is 0.769. The van der Waals surface area contributed by atoms with E-state index in [1.54, 1.807) is 13.0 Å². The lowest BCUT2D eigenvalue weighted by molar-refractivity contribution is -0.137. The molecule has 4 nitrogen and oxygen atoms in total. The molecule has 0 heterocycles. The minimum atomic E-state index is -1.12. The molecule has 0 radical (unpaired) electrons. The van der Waals surface area contributed by atoms with Crippen molar-refractivity contribution in [3.63, 3.8) is 0 Å². The maximum atomic E-state index is 12.0. The second-order valence-electron chi connectivity index (χ2n) is 5.47. The first-order chi connectivity index (χ1) is 8.34. The van der Waals surface area contributed by atoms with E-state index in [9.17, 15) is 9.00 Å². The largest absolute Gasteiger partial charge is 0.463 e. The monoisotopic (exact) mass is 273 g/mol. The normalized spacial score (nSPS) is 19.8. The van der Waals surface area contributed by atoms with Crippen molar-refractivity contribution in [1.29, 1.82) is 0 Å². The third-order valence-corrected chi connectivity index (χ3v) is 4.25. The smallest absolute Gasteiger partial charge is 0.330 e. The zero-order chi connectivity index (χ0) is 13.8. The van der Waals surface area contributed by atoms with Gasteiger partial charge in [-0.25, -0.2) is 13.7 Å². The number of carbonyl (C=O) groups excluding carboxylic acids is 1. The van der Waals surface area contributed by atoms with Gasteiger partial charge in [0, 0.05) is 12.1 Å². The zero-order valence-corrected chi connectivity index (χ0v) is 12.4. The maximum Gasteiger partial charge on any atom is 0.330 e. The van der Waals surface area contributed by atoms with Crippen LogP contribution in [0.4, 0.5) is 0 Å². The van der Waals surface area contributed by atoms with Crippen LogP contribution < -0.4 is 4.72 Å². The average molecular weight is 273 g/mol. The number of rotatable bonds is 6. The lowest BCUT2D eigenvalue weighted by atomic mass is 10.2. The number of esters is 1. The van der Waals surface area contributed by atoms with E-state index >= 15 is 0 Å². The summed E-state index contributed by atoms with van der Waals surface area (Å²) >= 11 is 0. The molecule has 0 amide bonds. The van der Waals surface area contributed by atoms with Crippen molar-refractivity contribution in [2.24, 2.45) is 5.92 Å². The molecule has 18 heavy (non-hydrogen) atoms. The molecule has 1 aliphatic rings. The van der Waals surface area contributed by atoms with Gasteiger partial charge in [0.25, 0.3) is 0 Å². The van der Waals surface area contributed by atoms with E-state index in [-0.39, 0.29) is 16.8 Å². The lowest BCUT2D eigenvalue weighted by Crippen LogP contribution is -2.40. The second kappa shape index (κ2) is 6.48. The van der Waals surface area contributed by atoms with Crippen LogP contribution in [0.2, 0.25) is 0 Å². The van der Waals surface area contributed by atoms with Gasteiger partial charge in [0.15, 0.2) is 0 Å². The Labute approximate surface area is 112 Å². The van der Waals surface area contributed by atoms with Crippen molar-refractivity contribution in [2.45, 2.75) is 51.3 Å². The zero-order valence-electron chi connectivity index (χ0n) is 11.6. The van der Waals surface area contributed by atoms with E-state index in [0.29, 0.717) is 12.5 Å². The Morgan fingerprint density at radius 2 is 2.11 bits per heavy atom. The molecule has 0 aromatic rings. The summed E-state index contributed by atoms with van der Waals surface area (Å²) < 4.78 is 19.7. The molecule has 1 fully saturated rings. The minimum Gasteiger partial charge on any atom is -0.463 e. The van der Waals surface area contributed by atoms with E-state index in [1.165, 1.54) is 6.08 Å². The summed E-state index contributed by atoms with van der Waals surface area (Å²) in [7, 11) is -1.12. The van der Waals surface area contributed by atoms with E-state index in [2.05, 4.69) is 4.72 Å². The Hall–Kier alpha value is -0.680. The van der Waals surface area contributed by atoms with Crippen molar-refractivity contribution >= 4 is 17.0 Å². The van der Waals surface area contributed by atoms with Gasteiger partial charge in [-0.1, -0.05) is 6.08 Å². The van der Waals surface area contributed by atoms with E-state index < -0.39 is 11.0 Å². The fourth-order valence-electron chi connectivity index (χ4n) is 1.42. The third kappa shape index (κ3) is 5.31. The molecular weight excluding hydrogens is 250 g/mol. The van der Waals surface area contributed by atoms with Crippen molar-refractivity contribution in [1.82, 2.24) is 4.72 Å². The molecule has 0 aromatic heterocycles. The molecule has 2 unspecified atom stereocenters. The number of hydrogen-bond donors (Lipinski definition) is 1. The van der Waals surface area contributed by atoms with Gasteiger partial charge in [0.1, 0.15) is 0 Å². The Bertz CT molecular complexity index is 343. The SMILES string of the molecule is CCOC(=O)/C=C/C(NS(=O)C(C)(C)C)C1CC1. The third-order valence-electron chi connectivity index (χ3n) is 2.66. The molecule has 1 saturated carbocycles. The molecule has 0 saturated heterocycles. The molecule has 104 valence electrons. The van der Waals surface area contributed by atoms with Gasteiger partial charge in [0.2, 0.25) is 0 Å². The predicted octanol–water partition coefficient (Wildman–Crippen LogP) is 1.94. The van der Waals surface area contributed by atoms with Gasteiger partial charge in [0.05, 0.1) is 22.3 Å². The highest BCUT2D eigenvalue weighted by molar-refractivity contribution is 7.84. The molecule has 2 atom stereocenters. The molecule has 0 aromatic carbocycles. The maximum absolute atomic E-state index is 12.0. The molecule has 0 bridgehead atoms. The van der Waals surface area contributed by atoms with E-state index in [4.69, 9.17) is 4.74 Å². The Morgan fingerprint density at radius 3 is 2.56 bits per heavy atom. The molecule has 1 rings (SSSR count). The summed E-state index contributed by atoms with van der Waals surface area (Å²) in [6.07, 6.45) is 5.44. The van der Waals surface area contributed by atoms with Crippen LogP contribution in [-0.4, -0.2) is 27.6 Å². The van der Waals surface area contributed by atoms with Crippen molar-refractivity contribution in [2.75, 3.05) is 6.61 Å². The average Bonchev–Trinajstić information content (AvgIpc) is 3.06. The van der Waals surface area contributed by atoms with Gasteiger partial charge >= 0.3 is 5.97 Å². The molecule has 5 heteroatoms. The highest BCUT2D eigenvalue weighted by Crippen LogP contribution is 2.33. The van der Waals surface area contributed by atoms with Crippen LogP contribution in [-0.2, 0) is 20.5 Å². The topological polar surface area (TPSA) is 55.4 Å². The summed E-state index contributed by atoms with van der Waals surface area (Å²) in [4.78, 5) is 11.3. The standard InChI is InChI=1S/C13H23NO3S/c1-5-17-12(15)9-8-11(10-6-7-10)14-18(16)13(2,3)4/h8-11,14H,5-7H2,1-4H3/b9-8+. The summed E-state index contributed by atoms with van der Waals surface area (Å²) in [6, 6.07) is -0.00513. The first kappa shape index (κ1) is 15.4. The first-order valence-electron chi connectivity index (χ1n) is 6.37. The number of ether oxygens (including phenoxy) is 1. The van der Waals surface area contributed by atoms with E-state index in [0.717, 1.165) is 12.8 Å². The molecule has 1 N–H and O–H groups in total. The van der Waals surface area contributed by atoms with Gasteiger partial charge in [-0.3, -0.25) is 0 Å². The van der Waals surface area contributed by atoms with Crippen LogP contribution >= 0.6 is 0 Å². The minimum absolute atomic E-state index is 0.00513. The lowest BCUT2D eigenvalue weighted by Gasteiger charge is -2.22. The second-order valence-corrected chi connectivity index (χ2v) is 7.47. The van der Waals surface area contributed by atoms with Crippen molar-refractivity contribution in [3.8, 4) is 0 Å². The molecule has 0 aliphatic heterocycles. The summed E-state index contributed by atoms with van der Waals surface area (Å²) in [5.74, 6) is 0.147. The van der Waals surface area contributed by atoms with Crippen molar-refractivity contribution in [3.05, 3.63) is 12.2 Å². The van der Waals surface area contributed by atoms with Crippen LogP contribution in [0.1, 0.15) is 40.5 Å². The van der Waals surface area contributed by atoms with Gasteiger partial charge in [-0.05, 0) is 46.5 Å². The van der Waals surface area contributed by atoms with Gasteiger partial charge in [-0.2, -0.15) is 0 Å². The Balaban J connectivity index is 2.56. The van der Waals surface area contributed by atoms with Gasteiger partial charge in [-0.15, -0.1) is 0 Å². The number of nitrogens with one attached hydrogen (secondary N) is 1. The van der Waals surface area contributed by atoms with Crippen molar-refractivity contribution < 1.29 is 13.7 Å². The fourth-order valence-corrected chi connectivity index (χ4v) is 2.29. The first-order valence-corrected chi connectivity index (χ1v) is 7.52.